The fourth-order valence-corrected chi connectivity index (χ4v) is 1.88. The Kier molecular flexibility index (Phi) is 33.2. The van der Waals surface area contributed by atoms with E-state index < -0.39 is 6.10 Å². The molecule has 0 aliphatic heterocycles. The standard InChI is InChI=1S/C11H22O.C6H14O2.C3H8O2/c1-2-3-4-5-6-7-8-9-10-11-12;1-4-7-6(3)8-5-2;1-3(5)2-4/h11H,2-10H2,1H3;6H,4-5H2,1-3H3;3-5H,2H2,1H3. The van der Waals surface area contributed by atoms with Crippen LogP contribution in [-0.2, 0) is 14.3 Å². The van der Waals surface area contributed by atoms with E-state index in [-0.39, 0.29) is 12.9 Å². The Morgan fingerprint density at radius 3 is 1.56 bits per heavy atom. The molecular formula is C20H44O5. The van der Waals surface area contributed by atoms with Crippen LogP contribution in [0.5, 0.6) is 0 Å². The van der Waals surface area contributed by atoms with Crippen LogP contribution in [0.25, 0.3) is 0 Å². The number of hydrogen-bond acceptors (Lipinski definition) is 5. The van der Waals surface area contributed by atoms with Gasteiger partial charge in [0.05, 0.1) is 12.7 Å². The predicted octanol–water partition coefficient (Wildman–Crippen LogP) is 4.48. The molecule has 154 valence electrons. The number of hydrogen-bond donors (Lipinski definition) is 2. The molecule has 5 nitrogen and oxygen atoms in total. The summed E-state index contributed by atoms with van der Waals surface area (Å²) in [5, 5.41) is 16.0. The monoisotopic (exact) mass is 364 g/mol. The van der Waals surface area contributed by atoms with Gasteiger partial charge in [0.25, 0.3) is 0 Å². The first-order valence-electron chi connectivity index (χ1n) is 9.95. The highest BCUT2D eigenvalue weighted by Crippen LogP contribution is 2.08. The van der Waals surface area contributed by atoms with Crippen molar-refractivity contribution in [2.75, 3.05) is 19.8 Å². The lowest BCUT2D eigenvalue weighted by Gasteiger charge is -2.09. The van der Waals surface area contributed by atoms with Gasteiger partial charge in [-0.1, -0.05) is 51.9 Å². The molecule has 0 rings (SSSR count). The Morgan fingerprint density at radius 2 is 1.24 bits per heavy atom. The van der Waals surface area contributed by atoms with Crippen LogP contribution in [0.4, 0.5) is 0 Å². The molecule has 0 saturated heterocycles. The van der Waals surface area contributed by atoms with Gasteiger partial charge in [-0.25, -0.2) is 0 Å². The maximum atomic E-state index is 9.98. The lowest BCUT2D eigenvalue weighted by Crippen LogP contribution is -2.11. The smallest absolute Gasteiger partial charge is 0.154 e. The van der Waals surface area contributed by atoms with Crippen LogP contribution in [0.15, 0.2) is 0 Å². The van der Waals surface area contributed by atoms with E-state index in [0.717, 1.165) is 32.3 Å². The van der Waals surface area contributed by atoms with E-state index in [1.165, 1.54) is 51.9 Å². The highest BCUT2D eigenvalue weighted by molar-refractivity contribution is 5.48. The van der Waals surface area contributed by atoms with Gasteiger partial charge in [0.15, 0.2) is 6.29 Å². The molecule has 25 heavy (non-hydrogen) atoms. The summed E-state index contributed by atoms with van der Waals surface area (Å²) < 4.78 is 10.1. The molecule has 1 atom stereocenters. The van der Waals surface area contributed by atoms with E-state index >= 15 is 0 Å². The molecule has 2 N–H and O–H groups in total. The summed E-state index contributed by atoms with van der Waals surface area (Å²) in [5.74, 6) is 0. The highest BCUT2D eigenvalue weighted by atomic mass is 16.7. The Hall–Kier alpha value is -0.490. The van der Waals surface area contributed by atoms with Crippen molar-refractivity contribution in [2.24, 2.45) is 0 Å². The van der Waals surface area contributed by atoms with Crippen molar-refractivity contribution in [3.8, 4) is 0 Å². The first-order valence-corrected chi connectivity index (χ1v) is 9.95. The lowest BCUT2D eigenvalue weighted by molar-refractivity contribution is -0.123. The van der Waals surface area contributed by atoms with Crippen LogP contribution in [0.1, 0.15) is 92.4 Å². The van der Waals surface area contributed by atoms with Gasteiger partial charge in [-0.2, -0.15) is 0 Å². The van der Waals surface area contributed by atoms with E-state index in [1.54, 1.807) is 0 Å². The molecular weight excluding hydrogens is 320 g/mol. The van der Waals surface area contributed by atoms with E-state index in [0.29, 0.717) is 0 Å². The summed E-state index contributed by atoms with van der Waals surface area (Å²) in [6.45, 7) is 10.9. The van der Waals surface area contributed by atoms with Crippen LogP contribution in [0.2, 0.25) is 0 Å². The van der Waals surface area contributed by atoms with Gasteiger partial charge in [0, 0.05) is 19.6 Å². The minimum atomic E-state index is -0.560. The Labute approximate surface area is 156 Å². The number of rotatable bonds is 14. The van der Waals surface area contributed by atoms with Crippen LogP contribution in [0.3, 0.4) is 0 Å². The first kappa shape index (κ1) is 29.3. The average molecular weight is 365 g/mol. The van der Waals surface area contributed by atoms with E-state index in [9.17, 15) is 4.79 Å². The largest absolute Gasteiger partial charge is 0.394 e. The van der Waals surface area contributed by atoms with E-state index in [4.69, 9.17) is 19.7 Å². The molecule has 0 radical (unpaired) electrons. The lowest BCUT2D eigenvalue weighted by atomic mass is 10.1. The number of carbonyl (C=O) groups excluding carboxylic acids is 1. The van der Waals surface area contributed by atoms with Crippen LogP contribution in [0, 0.1) is 0 Å². The van der Waals surface area contributed by atoms with E-state index in [1.807, 2.05) is 20.8 Å². The molecule has 0 aromatic carbocycles. The SMILES string of the molecule is CC(O)CO.CCCCCCCCCCC=O.CCOC(C)OCC. The Bertz CT molecular complexity index is 216. The molecule has 0 aromatic heterocycles. The molecule has 0 aliphatic carbocycles. The molecule has 0 saturated carbocycles. The average Bonchev–Trinajstić information content (AvgIpc) is 2.59. The van der Waals surface area contributed by atoms with Crippen LogP contribution >= 0.6 is 0 Å². The maximum Gasteiger partial charge on any atom is 0.154 e. The van der Waals surface area contributed by atoms with Gasteiger partial charge in [0.2, 0.25) is 0 Å². The van der Waals surface area contributed by atoms with E-state index in [2.05, 4.69) is 6.92 Å². The molecule has 0 spiro atoms. The summed E-state index contributed by atoms with van der Waals surface area (Å²) in [6, 6.07) is 0. The van der Waals surface area contributed by atoms with Gasteiger partial charge in [-0.05, 0) is 34.1 Å². The number of aliphatic hydroxyl groups is 2. The fourth-order valence-electron chi connectivity index (χ4n) is 1.88. The predicted molar refractivity (Wildman–Crippen MR) is 105 cm³/mol. The summed E-state index contributed by atoms with van der Waals surface area (Å²) >= 11 is 0. The van der Waals surface area contributed by atoms with Gasteiger partial charge < -0.3 is 24.5 Å². The van der Waals surface area contributed by atoms with Crippen molar-refractivity contribution in [3.05, 3.63) is 0 Å². The summed E-state index contributed by atoms with van der Waals surface area (Å²) in [6.07, 6.45) is 11.7. The zero-order valence-corrected chi connectivity index (χ0v) is 17.3. The van der Waals surface area contributed by atoms with Gasteiger partial charge >= 0.3 is 0 Å². The normalized spacial score (nSPS) is 11.2. The van der Waals surface area contributed by atoms with Crippen molar-refractivity contribution in [1.29, 1.82) is 0 Å². The minimum absolute atomic E-state index is 0.0370. The molecule has 1 unspecified atom stereocenters. The van der Waals surface area contributed by atoms with Crippen molar-refractivity contribution >= 4 is 6.29 Å². The first-order chi connectivity index (χ1) is 12.0. The van der Waals surface area contributed by atoms with Gasteiger partial charge in [-0.15, -0.1) is 0 Å². The number of carbonyl (C=O) groups is 1. The van der Waals surface area contributed by atoms with Gasteiger partial charge in [0.1, 0.15) is 6.29 Å². The third-order valence-electron chi connectivity index (χ3n) is 3.24. The minimum Gasteiger partial charge on any atom is -0.394 e. The molecule has 0 bridgehead atoms. The number of ether oxygens (including phenoxy) is 2. The number of unbranched alkanes of at least 4 members (excludes halogenated alkanes) is 8. The molecule has 0 aliphatic rings. The number of aldehydes is 1. The molecule has 5 heteroatoms. The third-order valence-corrected chi connectivity index (χ3v) is 3.24. The topological polar surface area (TPSA) is 76.0 Å². The molecule has 0 fully saturated rings. The second-order valence-electron chi connectivity index (χ2n) is 5.94. The van der Waals surface area contributed by atoms with Crippen molar-refractivity contribution in [2.45, 2.75) is 105 Å². The maximum absolute atomic E-state index is 9.98. The molecule has 0 heterocycles. The summed E-state index contributed by atoms with van der Waals surface area (Å²) in [7, 11) is 0. The van der Waals surface area contributed by atoms with Crippen molar-refractivity contribution < 1.29 is 24.5 Å². The summed E-state index contributed by atoms with van der Waals surface area (Å²) in [5.41, 5.74) is 0. The molecule has 0 aromatic rings. The van der Waals surface area contributed by atoms with Crippen molar-refractivity contribution in [3.63, 3.8) is 0 Å². The molecule has 0 amide bonds. The quantitative estimate of drug-likeness (QED) is 0.270. The zero-order chi connectivity index (χ0) is 19.8. The zero-order valence-electron chi connectivity index (χ0n) is 17.3. The second-order valence-corrected chi connectivity index (χ2v) is 5.94. The van der Waals surface area contributed by atoms with Crippen LogP contribution < -0.4 is 0 Å². The number of aliphatic hydroxyl groups excluding tert-OH is 2. The van der Waals surface area contributed by atoms with Gasteiger partial charge in [-0.3, -0.25) is 0 Å². The fraction of sp³-hybridized carbons (Fsp3) is 0.950. The third kappa shape index (κ3) is 39.9. The van der Waals surface area contributed by atoms with Crippen LogP contribution in [-0.4, -0.2) is 48.7 Å². The Morgan fingerprint density at radius 1 is 0.840 bits per heavy atom. The second kappa shape index (κ2) is 28.3. The highest BCUT2D eigenvalue weighted by Gasteiger charge is 1.94. The Balaban J connectivity index is -0.000000321. The van der Waals surface area contributed by atoms with Crippen molar-refractivity contribution in [1.82, 2.24) is 0 Å². The summed E-state index contributed by atoms with van der Waals surface area (Å²) in [4.78, 5) is 9.98.